The van der Waals surface area contributed by atoms with Crippen molar-refractivity contribution in [1.29, 1.82) is 0 Å². The van der Waals surface area contributed by atoms with Gasteiger partial charge in [0.2, 0.25) is 11.0 Å². The standard InChI is InChI=1S/C15H9IN2O2S/c16-12-8-6-11(7-9-12)14(19)21-15-18-17-13(20-15)10-4-2-1-3-5-10/h1-9H. The van der Waals surface area contributed by atoms with E-state index in [-0.39, 0.29) is 10.3 Å². The number of halogens is 1. The summed E-state index contributed by atoms with van der Waals surface area (Å²) in [4.78, 5) is 12.1. The highest BCUT2D eigenvalue weighted by atomic mass is 127. The molecule has 0 atom stereocenters. The molecule has 0 saturated heterocycles. The van der Waals surface area contributed by atoms with E-state index in [2.05, 4.69) is 32.8 Å². The maximum absolute atomic E-state index is 12.1. The Morgan fingerprint density at radius 3 is 2.43 bits per heavy atom. The van der Waals surface area contributed by atoms with Crippen LogP contribution in [0, 0.1) is 3.57 Å². The summed E-state index contributed by atoms with van der Waals surface area (Å²) in [7, 11) is 0. The minimum atomic E-state index is -0.116. The molecule has 0 spiro atoms. The molecular weight excluding hydrogens is 399 g/mol. The Bertz CT molecular complexity index is 757. The first-order chi connectivity index (χ1) is 10.2. The lowest BCUT2D eigenvalue weighted by molar-refractivity contribution is 0.108. The second kappa shape index (κ2) is 6.40. The van der Waals surface area contributed by atoms with Gasteiger partial charge < -0.3 is 4.42 Å². The van der Waals surface area contributed by atoms with Crippen LogP contribution in [-0.2, 0) is 0 Å². The maximum atomic E-state index is 12.1. The molecule has 0 fully saturated rings. The van der Waals surface area contributed by atoms with E-state index >= 15 is 0 Å². The van der Waals surface area contributed by atoms with E-state index in [1.807, 2.05) is 42.5 Å². The van der Waals surface area contributed by atoms with E-state index in [1.165, 1.54) is 0 Å². The summed E-state index contributed by atoms with van der Waals surface area (Å²) < 4.78 is 6.59. The predicted octanol–water partition coefficient (Wildman–Crippen LogP) is 4.27. The van der Waals surface area contributed by atoms with E-state index < -0.39 is 0 Å². The van der Waals surface area contributed by atoms with Gasteiger partial charge in [0.15, 0.2) is 0 Å². The number of carbonyl (C=O) groups excluding carboxylic acids is 1. The molecule has 0 aliphatic carbocycles. The average molecular weight is 408 g/mol. The summed E-state index contributed by atoms with van der Waals surface area (Å²) in [6.07, 6.45) is 0. The number of hydrogen-bond donors (Lipinski definition) is 0. The average Bonchev–Trinajstić information content (AvgIpc) is 2.97. The van der Waals surface area contributed by atoms with Gasteiger partial charge in [0.25, 0.3) is 5.22 Å². The van der Waals surface area contributed by atoms with Crippen molar-refractivity contribution in [3.8, 4) is 11.5 Å². The molecule has 0 N–H and O–H groups in total. The van der Waals surface area contributed by atoms with Crippen molar-refractivity contribution in [2.75, 3.05) is 0 Å². The highest BCUT2D eigenvalue weighted by molar-refractivity contribution is 14.1. The summed E-state index contributed by atoms with van der Waals surface area (Å²) in [5.74, 6) is 0.411. The summed E-state index contributed by atoms with van der Waals surface area (Å²) in [5.41, 5.74) is 1.44. The first-order valence-electron chi connectivity index (χ1n) is 6.09. The molecule has 0 bridgehead atoms. The smallest absolute Gasteiger partial charge is 0.284 e. The SMILES string of the molecule is O=C(Sc1nnc(-c2ccccc2)o1)c1ccc(I)cc1. The van der Waals surface area contributed by atoms with Crippen LogP contribution in [0.15, 0.2) is 64.2 Å². The Balaban J connectivity index is 1.75. The van der Waals surface area contributed by atoms with Crippen molar-refractivity contribution in [3.63, 3.8) is 0 Å². The van der Waals surface area contributed by atoms with Gasteiger partial charge in [-0.1, -0.05) is 18.2 Å². The maximum Gasteiger partial charge on any atom is 0.284 e. The quantitative estimate of drug-likeness (QED) is 0.479. The number of hydrogen-bond acceptors (Lipinski definition) is 5. The Hall–Kier alpha value is -1.67. The van der Waals surface area contributed by atoms with Crippen LogP contribution in [0.2, 0.25) is 0 Å². The molecule has 3 aromatic rings. The van der Waals surface area contributed by atoms with Crippen LogP contribution in [0.25, 0.3) is 11.5 Å². The fraction of sp³-hybridized carbons (Fsp3) is 0. The first-order valence-corrected chi connectivity index (χ1v) is 7.98. The fourth-order valence-corrected chi connectivity index (χ4v) is 2.65. The normalized spacial score (nSPS) is 10.5. The van der Waals surface area contributed by atoms with E-state index in [0.29, 0.717) is 11.5 Å². The molecule has 0 radical (unpaired) electrons. The molecule has 0 saturated carbocycles. The first kappa shape index (κ1) is 14.3. The van der Waals surface area contributed by atoms with E-state index in [4.69, 9.17) is 4.42 Å². The van der Waals surface area contributed by atoms with Gasteiger partial charge in [-0.25, -0.2) is 0 Å². The van der Waals surface area contributed by atoms with Crippen LogP contribution in [0.4, 0.5) is 0 Å². The molecule has 104 valence electrons. The molecule has 6 heteroatoms. The van der Waals surface area contributed by atoms with Crippen LogP contribution in [0.1, 0.15) is 10.4 Å². The zero-order chi connectivity index (χ0) is 14.7. The molecule has 4 nitrogen and oxygen atoms in total. The van der Waals surface area contributed by atoms with Crippen LogP contribution in [0.5, 0.6) is 0 Å². The van der Waals surface area contributed by atoms with Gasteiger partial charge in [0.05, 0.1) is 0 Å². The Labute approximate surface area is 139 Å². The van der Waals surface area contributed by atoms with Gasteiger partial charge in [0, 0.05) is 26.5 Å². The Morgan fingerprint density at radius 1 is 1.00 bits per heavy atom. The monoisotopic (exact) mass is 408 g/mol. The third-order valence-corrected chi connectivity index (χ3v) is 4.17. The molecule has 3 rings (SSSR count). The molecule has 2 aromatic carbocycles. The summed E-state index contributed by atoms with van der Waals surface area (Å²) in [6, 6.07) is 16.8. The van der Waals surface area contributed by atoms with E-state index in [9.17, 15) is 4.79 Å². The molecule has 0 unspecified atom stereocenters. The van der Waals surface area contributed by atoms with Crippen molar-refractivity contribution in [1.82, 2.24) is 10.2 Å². The van der Waals surface area contributed by atoms with Crippen molar-refractivity contribution >= 4 is 39.5 Å². The van der Waals surface area contributed by atoms with Gasteiger partial charge in [-0.15, -0.1) is 10.2 Å². The molecule has 1 heterocycles. The third-order valence-electron chi connectivity index (χ3n) is 2.69. The number of aromatic nitrogens is 2. The molecular formula is C15H9IN2O2S. The zero-order valence-corrected chi connectivity index (χ0v) is 13.7. The largest absolute Gasteiger partial charge is 0.411 e. The number of nitrogens with zero attached hydrogens (tertiary/aromatic N) is 2. The molecule has 21 heavy (non-hydrogen) atoms. The summed E-state index contributed by atoms with van der Waals surface area (Å²) in [5, 5.41) is 7.99. The third kappa shape index (κ3) is 3.51. The van der Waals surface area contributed by atoms with E-state index in [1.54, 1.807) is 12.1 Å². The second-order valence-corrected chi connectivity index (χ2v) is 6.31. The topological polar surface area (TPSA) is 56.0 Å². The lowest BCUT2D eigenvalue weighted by atomic mass is 10.2. The summed E-state index contributed by atoms with van der Waals surface area (Å²) >= 11 is 3.13. The second-order valence-electron chi connectivity index (χ2n) is 4.14. The molecule has 0 amide bonds. The van der Waals surface area contributed by atoms with Crippen molar-refractivity contribution < 1.29 is 9.21 Å². The van der Waals surface area contributed by atoms with Gasteiger partial charge in [-0.2, -0.15) is 0 Å². The minimum Gasteiger partial charge on any atom is -0.411 e. The number of carbonyl (C=O) groups is 1. The van der Waals surface area contributed by atoms with Crippen LogP contribution >= 0.6 is 34.4 Å². The van der Waals surface area contributed by atoms with Crippen molar-refractivity contribution in [2.45, 2.75) is 5.22 Å². The fourth-order valence-electron chi connectivity index (χ4n) is 1.67. The zero-order valence-electron chi connectivity index (χ0n) is 10.7. The van der Waals surface area contributed by atoms with Crippen LogP contribution < -0.4 is 0 Å². The molecule has 0 aliphatic heterocycles. The van der Waals surface area contributed by atoms with Gasteiger partial charge in [0.1, 0.15) is 0 Å². The van der Waals surface area contributed by atoms with Gasteiger partial charge in [-0.05, 0) is 59.0 Å². The number of thioether (sulfide) groups is 1. The summed E-state index contributed by atoms with van der Waals surface area (Å²) in [6.45, 7) is 0. The highest BCUT2D eigenvalue weighted by Gasteiger charge is 2.14. The van der Waals surface area contributed by atoms with Gasteiger partial charge >= 0.3 is 0 Å². The molecule has 1 aromatic heterocycles. The number of rotatable bonds is 3. The van der Waals surface area contributed by atoms with Gasteiger partial charge in [-0.3, -0.25) is 4.79 Å². The highest BCUT2D eigenvalue weighted by Crippen LogP contribution is 2.25. The lowest BCUT2D eigenvalue weighted by Gasteiger charge is -1.97. The predicted molar refractivity (Wildman–Crippen MR) is 89.1 cm³/mol. The lowest BCUT2D eigenvalue weighted by Crippen LogP contribution is -1.92. The Kier molecular flexibility index (Phi) is 4.35. The number of benzene rings is 2. The Morgan fingerprint density at radius 2 is 1.71 bits per heavy atom. The van der Waals surface area contributed by atoms with Crippen molar-refractivity contribution in [2.24, 2.45) is 0 Å². The minimum absolute atomic E-state index is 0.116. The van der Waals surface area contributed by atoms with E-state index in [0.717, 1.165) is 20.9 Å². The van der Waals surface area contributed by atoms with Crippen LogP contribution in [-0.4, -0.2) is 15.3 Å². The van der Waals surface area contributed by atoms with Crippen LogP contribution in [0.3, 0.4) is 0 Å². The van der Waals surface area contributed by atoms with Crippen molar-refractivity contribution in [3.05, 3.63) is 63.7 Å². The molecule has 0 aliphatic rings.